The fourth-order valence-corrected chi connectivity index (χ4v) is 8.37. The highest BCUT2D eigenvalue weighted by Crippen LogP contribution is 2.26. The molecule has 2 atom stereocenters. The summed E-state index contributed by atoms with van der Waals surface area (Å²) in [5, 5.41) is 48.0. The smallest absolute Gasteiger partial charge is 0.334 e. The fraction of sp³-hybridized carbons (Fsp3) is 0.119. The second kappa shape index (κ2) is 22.1. The van der Waals surface area contributed by atoms with Gasteiger partial charge >= 0.3 is 17.9 Å². The first-order valence-electron chi connectivity index (χ1n) is 20.1. The van der Waals surface area contributed by atoms with Crippen molar-refractivity contribution < 1.29 is 78.8 Å². The molecule has 0 aliphatic heterocycles. The summed E-state index contributed by atoms with van der Waals surface area (Å²) in [6, 6.07) is 16.9. The molecule has 11 N–H and O–H groups in total. The largest absolute Gasteiger partial charge is 0.481 e. The van der Waals surface area contributed by atoms with Crippen LogP contribution in [-0.2, 0) is 62.5 Å². The molecule has 2 heterocycles. The van der Waals surface area contributed by atoms with Gasteiger partial charge in [-0.05, 0) is 64.7 Å². The Bertz CT molecular complexity index is 3460. The van der Waals surface area contributed by atoms with E-state index in [9.17, 15) is 68.6 Å². The average molecular weight is 1050 g/mol. The van der Waals surface area contributed by atoms with Gasteiger partial charge in [0, 0.05) is 24.2 Å². The van der Waals surface area contributed by atoms with Crippen LogP contribution in [0.5, 0.6) is 0 Å². The quantitative estimate of drug-likeness (QED) is 0.0143. The molecule has 0 aliphatic carbocycles. The summed E-state index contributed by atoms with van der Waals surface area (Å²) >= 11 is 0. The molecule has 0 aliphatic rings. The van der Waals surface area contributed by atoms with Crippen molar-refractivity contribution in [3.63, 3.8) is 0 Å². The number of nitrogens with one attached hydrogen (secondary N) is 4. The minimum Gasteiger partial charge on any atom is -0.481 e. The van der Waals surface area contributed by atoms with Gasteiger partial charge in [0.15, 0.2) is 11.8 Å². The van der Waals surface area contributed by atoms with Crippen LogP contribution in [0, 0.1) is 0 Å². The average Bonchev–Trinajstić information content (AvgIpc) is 3.29. The number of carboxylic acids is 3. The maximum atomic E-state index is 12.7. The highest BCUT2D eigenvalue weighted by Gasteiger charge is 2.26. The summed E-state index contributed by atoms with van der Waals surface area (Å²) in [7, 11) is -14.2. The molecule has 0 amide bonds. The van der Waals surface area contributed by atoms with Gasteiger partial charge in [0.25, 0.3) is 30.4 Å². The van der Waals surface area contributed by atoms with Crippen molar-refractivity contribution in [1.82, 2.24) is 29.9 Å². The van der Waals surface area contributed by atoms with Crippen molar-refractivity contribution in [3.8, 4) is 0 Å². The van der Waals surface area contributed by atoms with Crippen molar-refractivity contribution in [2.45, 2.75) is 46.0 Å². The van der Waals surface area contributed by atoms with Gasteiger partial charge in [0.1, 0.15) is 22.6 Å². The monoisotopic (exact) mass is 1050 g/mol. The van der Waals surface area contributed by atoms with Gasteiger partial charge in [0.2, 0.25) is 23.8 Å². The van der Waals surface area contributed by atoms with Gasteiger partial charge in [-0.15, -0.1) is 0 Å². The maximum Gasteiger partial charge on any atom is 0.334 e. The molecule has 72 heavy (non-hydrogen) atoms. The fourth-order valence-electron chi connectivity index (χ4n) is 6.39. The zero-order valence-corrected chi connectivity index (χ0v) is 38.9. The van der Waals surface area contributed by atoms with Gasteiger partial charge in [-0.1, -0.05) is 67.3 Å². The lowest BCUT2D eigenvalue weighted by Crippen LogP contribution is -2.32. The highest BCUT2D eigenvalue weighted by molar-refractivity contribution is 7.86. The standard InChI is InChI=1S/C42H38N10O17S3/c1-22(69-59)36(38(57)58)50-42-49-34(19-26-5-2-3-8-31(26)71(63,64)65)48-39(52-42)43-27-15-11-23(12-16-27)9-13-25-14-10-24(17-32(25)72(66,67)68)18-33-46-40(44-28-6-4-7-29(20-28)70(60,61)62)51-41(47-33)45-30(37(55)56)21-35(53)54/h2-17,20,30,36,59H,1,18-19,21H2,(H,53,54)(H,55,56)(H,57,58)(H,60,61,62)(H,63,64,65)(H,66,67,68)(H2,43,48,49,50,52)(H2,44,45,46,47,51)/b13-9+. The summed E-state index contributed by atoms with van der Waals surface area (Å²) < 4.78 is 103. The van der Waals surface area contributed by atoms with Crippen LogP contribution in [0.1, 0.15) is 40.3 Å². The molecule has 27 nitrogen and oxygen atoms in total. The third kappa shape index (κ3) is 14.5. The lowest BCUT2D eigenvalue weighted by atomic mass is 10.1. The molecule has 2 unspecified atom stereocenters. The van der Waals surface area contributed by atoms with Crippen LogP contribution in [0.2, 0.25) is 0 Å². The number of aliphatic carboxylic acids is 3. The van der Waals surface area contributed by atoms with E-state index in [0.717, 1.165) is 24.3 Å². The Hall–Kier alpha value is -8.52. The van der Waals surface area contributed by atoms with E-state index in [1.54, 1.807) is 24.3 Å². The highest BCUT2D eigenvalue weighted by atomic mass is 32.2. The topological polar surface area (TPSA) is 430 Å². The molecular weight excluding hydrogens is 1010 g/mol. The number of hydrogen-bond acceptors (Lipinski definition) is 21. The van der Waals surface area contributed by atoms with Crippen LogP contribution in [-0.4, -0.2) is 119 Å². The molecule has 6 aromatic rings. The first-order chi connectivity index (χ1) is 33.8. The summed E-state index contributed by atoms with van der Waals surface area (Å²) in [4.78, 5) is 62.8. The minimum absolute atomic E-state index is 0.0164. The molecule has 6 rings (SSSR count). The minimum atomic E-state index is -4.91. The first kappa shape index (κ1) is 52.8. The lowest BCUT2D eigenvalue weighted by Gasteiger charge is -2.16. The Morgan fingerprint density at radius 1 is 0.611 bits per heavy atom. The normalized spacial score (nSPS) is 12.6. The van der Waals surface area contributed by atoms with Gasteiger partial charge in [-0.3, -0.25) is 18.5 Å². The van der Waals surface area contributed by atoms with Crippen molar-refractivity contribution in [2.24, 2.45) is 0 Å². The van der Waals surface area contributed by atoms with E-state index in [1.807, 2.05) is 0 Å². The van der Waals surface area contributed by atoms with Crippen LogP contribution in [0.3, 0.4) is 0 Å². The Labute approximate surface area is 407 Å². The molecule has 0 saturated heterocycles. The number of hydrogen-bond donors (Lipinski definition) is 11. The molecule has 0 saturated carbocycles. The van der Waals surface area contributed by atoms with E-state index in [0.29, 0.717) is 11.3 Å². The third-order valence-electron chi connectivity index (χ3n) is 9.63. The van der Waals surface area contributed by atoms with E-state index in [2.05, 4.69) is 62.6 Å². The molecule has 0 fully saturated rings. The second-order valence-electron chi connectivity index (χ2n) is 14.9. The molecule has 376 valence electrons. The summed E-state index contributed by atoms with van der Waals surface area (Å²) in [6.45, 7) is 3.33. The number of carboxylic acid groups (broad SMARTS) is 3. The molecular formula is C42H38N10O17S3. The van der Waals surface area contributed by atoms with Gasteiger partial charge in [-0.2, -0.15) is 55.2 Å². The zero-order chi connectivity index (χ0) is 52.5. The van der Waals surface area contributed by atoms with Crippen molar-refractivity contribution in [1.29, 1.82) is 0 Å². The van der Waals surface area contributed by atoms with Crippen LogP contribution < -0.4 is 21.3 Å². The number of aromatic nitrogens is 6. The predicted octanol–water partition coefficient (Wildman–Crippen LogP) is 3.84. The van der Waals surface area contributed by atoms with E-state index in [-0.39, 0.29) is 64.7 Å². The van der Waals surface area contributed by atoms with E-state index in [4.69, 9.17) is 5.26 Å². The molecule has 0 bridgehead atoms. The van der Waals surface area contributed by atoms with Crippen LogP contribution in [0.25, 0.3) is 12.2 Å². The van der Waals surface area contributed by atoms with E-state index in [1.165, 1.54) is 54.6 Å². The predicted molar refractivity (Wildman–Crippen MR) is 251 cm³/mol. The Morgan fingerprint density at radius 2 is 1.21 bits per heavy atom. The zero-order valence-electron chi connectivity index (χ0n) is 36.4. The Balaban J connectivity index is 1.26. The molecule has 2 aromatic heterocycles. The lowest BCUT2D eigenvalue weighted by molar-refractivity contribution is -0.207. The van der Waals surface area contributed by atoms with Crippen LogP contribution in [0.4, 0.5) is 35.2 Å². The SMILES string of the molecule is C=C(OO)C(Nc1nc(Cc2ccccc2S(=O)(=O)O)nc(Nc2ccc(/C=C/c3ccc(Cc4nc(Nc5cccc(S(=O)(=O)O)c5)nc(NC(CC(=O)O)C(=O)O)n4)cc3S(=O)(=O)O)cc2)n1)C(=O)O. The molecule has 0 radical (unpaired) electrons. The summed E-state index contributed by atoms with van der Waals surface area (Å²) in [5.74, 6) is -6.78. The number of nitrogens with zero attached hydrogens (tertiary/aromatic N) is 6. The van der Waals surface area contributed by atoms with Gasteiger partial charge in [0.05, 0.1) is 16.2 Å². The second-order valence-corrected chi connectivity index (χ2v) is 19.1. The van der Waals surface area contributed by atoms with Crippen LogP contribution in [0.15, 0.2) is 118 Å². The van der Waals surface area contributed by atoms with Crippen molar-refractivity contribution in [2.75, 3.05) is 21.3 Å². The number of benzene rings is 4. The van der Waals surface area contributed by atoms with E-state index < -0.39 is 93.2 Å². The maximum absolute atomic E-state index is 12.7. The van der Waals surface area contributed by atoms with Gasteiger partial charge in [-0.25, -0.2) is 14.8 Å². The third-order valence-corrected chi connectivity index (χ3v) is 12.3. The molecule has 0 spiro atoms. The molecule has 4 aromatic carbocycles. The Morgan fingerprint density at radius 3 is 1.79 bits per heavy atom. The van der Waals surface area contributed by atoms with Crippen molar-refractivity contribution >= 4 is 95.6 Å². The van der Waals surface area contributed by atoms with E-state index >= 15 is 0 Å². The van der Waals surface area contributed by atoms with Crippen LogP contribution >= 0.6 is 0 Å². The number of anilines is 6. The Kier molecular flexibility index (Phi) is 16.2. The number of rotatable bonds is 23. The van der Waals surface area contributed by atoms with Gasteiger partial charge < -0.3 is 41.5 Å². The first-order valence-corrected chi connectivity index (χ1v) is 24.4. The summed E-state index contributed by atoms with van der Waals surface area (Å²) in [6.07, 6.45) is 1.39. The van der Waals surface area contributed by atoms with Crippen molar-refractivity contribution in [3.05, 3.63) is 137 Å². The number of carbonyl (C=O) groups is 3. The molecule has 30 heteroatoms. The summed E-state index contributed by atoms with van der Waals surface area (Å²) in [5.41, 5.74) is 1.17.